The molecule has 0 unspecified atom stereocenters. The minimum atomic E-state index is -0.775. The molecule has 1 aliphatic carbocycles. The average Bonchev–Trinajstić information content (AvgIpc) is 2.73. The van der Waals surface area contributed by atoms with E-state index in [0.717, 1.165) is 53.8 Å². The van der Waals surface area contributed by atoms with Gasteiger partial charge in [-0.1, -0.05) is 24.6 Å². The number of halogens is 2. The summed E-state index contributed by atoms with van der Waals surface area (Å²) in [6.45, 7) is 3.81. The normalized spacial score (nSPS) is 19.1. The second-order valence-corrected chi connectivity index (χ2v) is 8.63. The third-order valence-corrected chi connectivity index (χ3v) is 6.25. The van der Waals surface area contributed by atoms with Crippen molar-refractivity contribution in [3.05, 3.63) is 52.9 Å². The zero-order valence-corrected chi connectivity index (χ0v) is 17.8. The van der Waals surface area contributed by atoms with Crippen molar-refractivity contribution in [2.75, 3.05) is 5.32 Å². The molecule has 4 rings (SSSR count). The van der Waals surface area contributed by atoms with Crippen LogP contribution in [0.3, 0.4) is 0 Å². The van der Waals surface area contributed by atoms with E-state index in [4.69, 9.17) is 11.6 Å². The van der Waals surface area contributed by atoms with Crippen LogP contribution in [0.2, 0.25) is 5.02 Å². The van der Waals surface area contributed by atoms with Crippen molar-refractivity contribution in [1.29, 1.82) is 0 Å². The second kappa shape index (κ2) is 8.23. The number of anilines is 1. The van der Waals surface area contributed by atoms with Crippen LogP contribution in [-0.2, 0) is 0 Å². The standard InChI is InChI=1S/C24H24ClFN2O2/c1-13-3-6-17(7-4-13)28-23-18-9-15(16-10-20(25)24(30)21(26)11-16)5-8-22(18)27-12-19(23)14(2)29/h5,8-13,17,30H,3-4,6-7H2,1-2H3,(H,27,28). The molecule has 4 nitrogen and oxygen atoms in total. The first-order chi connectivity index (χ1) is 14.3. The van der Waals surface area contributed by atoms with Gasteiger partial charge in [0.15, 0.2) is 17.3 Å². The van der Waals surface area contributed by atoms with Crippen molar-refractivity contribution in [2.45, 2.75) is 45.6 Å². The number of aromatic nitrogens is 1. The van der Waals surface area contributed by atoms with E-state index in [0.29, 0.717) is 17.2 Å². The van der Waals surface area contributed by atoms with Crippen LogP contribution in [0.1, 0.15) is 49.9 Å². The summed E-state index contributed by atoms with van der Waals surface area (Å²) in [7, 11) is 0. The number of carbonyl (C=O) groups is 1. The Labute approximate surface area is 180 Å². The second-order valence-electron chi connectivity index (χ2n) is 8.22. The van der Waals surface area contributed by atoms with Crippen LogP contribution >= 0.6 is 11.6 Å². The first-order valence-corrected chi connectivity index (χ1v) is 10.6. The first-order valence-electron chi connectivity index (χ1n) is 10.2. The molecule has 0 bridgehead atoms. The Bertz CT molecular complexity index is 1100. The summed E-state index contributed by atoms with van der Waals surface area (Å²) < 4.78 is 14.0. The van der Waals surface area contributed by atoms with Crippen LogP contribution in [0.15, 0.2) is 36.5 Å². The lowest BCUT2D eigenvalue weighted by molar-refractivity contribution is 0.101. The molecular formula is C24H24ClFN2O2. The van der Waals surface area contributed by atoms with E-state index in [1.165, 1.54) is 19.1 Å². The van der Waals surface area contributed by atoms with Gasteiger partial charge in [0.25, 0.3) is 0 Å². The summed E-state index contributed by atoms with van der Waals surface area (Å²) in [4.78, 5) is 16.8. The number of pyridine rings is 1. The third kappa shape index (κ3) is 3.99. The molecule has 0 saturated heterocycles. The molecule has 1 aromatic heterocycles. The third-order valence-electron chi connectivity index (χ3n) is 5.96. The number of carbonyl (C=O) groups excluding carboxylic acids is 1. The minimum Gasteiger partial charge on any atom is -0.504 e. The number of hydrogen-bond donors (Lipinski definition) is 2. The molecule has 156 valence electrons. The first kappa shape index (κ1) is 20.6. The van der Waals surface area contributed by atoms with Crippen LogP contribution < -0.4 is 5.32 Å². The maximum atomic E-state index is 14.0. The number of Topliss-reactive ketones (excluding diaryl/α,β-unsaturated/α-hetero) is 1. The Morgan fingerprint density at radius 3 is 2.57 bits per heavy atom. The van der Waals surface area contributed by atoms with E-state index in [9.17, 15) is 14.3 Å². The maximum absolute atomic E-state index is 14.0. The highest BCUT2D eigenvalue weighted by atomic mass is 35.5. The molecule has 1 aliphatic rings. The maximum Gasteiger partial charge on any atom is 0.170 e. The van der Waals surface area contributed by atoms with E-state index in [1.54, 1.807) is 6.20 Å². The van der Waals surface area contributed by atoms with Crippen molar-refractivity contribution in [3.8, 4) is 16.9 Å². The lowest BCUT2D eigenvalue weighted by atomic mass is 9.87. The van der Waals surface area contributed by atoms with Crippen LogP contribution in [0, 0.1) is 11.7 Å². The molecule has 1 heterocycles. The van der Waals surface area contributed by atoms with E-state index in [-0.39, 0.29) is 10.8 Å². The lowest BCUT2D eigenvalue weighted by Crippen LogP contribution is -2.26. The number of hydrogen-bond acceptors (Lipinski definition) is 4. The number of phenolic OH excluding ortho intramolecular Hbond substituents is 1. The van der Waals surface area contributed by atoms with Gasteiger partial charge in [0, 0.05) is 17.6 Å². The van der Waals surface area contributed by atoms with Gasteiger partial charge in [0.2, 0.25) is 0 Å². The molecule has 0 radical (unpaired) electrons. The SMILES string of the molecule is CC(=O)c1cnc2ccc(-c3cc(F)c(O)c(Cl)c3)cc2c1NC1CCC(C)CC1. The molecule has 0 amide bonds. The lowest BCUT2D eigenvalue weighted by Gasteiger charge is -2.29. The number of nitrogens with one attached hydrogen (secondary N) is 1. The summed E-state index contributed by atoms with van der Waals surface area (Å²) in [5, 5.41) is 14.0. The monoisotopic (exact) mass is 426 g/mol. The molecule has 30 heavy (non-hydrogen) atoms. The highest BCUT2D eigenvalue weighted by molar-refractivity contribution is 6.32. The van der Waals surface area contributed by atoms with Gasteiger partial charge < -0.3 is 10.4 Å². The van der Waals surface area contributed by atoms with E-state index in [1.807, 2.05) is 18.2 Å². The number of phenols is 1. The number of aromatic hydroxyl groups is 1. The van der Waals surface area contributed by atoms with Gasteiger partial charge in [-0.3, -0.25) is 9.78 Å². The Morgan fingerprint density at radius 1 is 1.17 bits per heavy atom. The van der Waals surface area contributed by atoms with Crippen molar-refractivity contribution in [3.63, 3.8) is 0 Å². The van der Waals surface area contributed by atoms with Gasteiger partial charge in [-0.2, -0.15) is 0 Å². The minimum absolute atomic E-state index is 0.0459. The summed E-state index contributed by atoms with van der Waals surface area (Å²) in [6, 6.07) is 8.65. The molecule has 1 fully saturated rings. The van der Waals surface area contributed by atoms with Crippen molar-refractivity contribution >= 4 is 34.0 Å². The molecule has 6 heteroatoms. The number of benzene rings is 2. The molecule has 0 atom stereocenters. The molecule has 1 saturated carbocycles. The van der Waals surface area contributed by atoms with E-state index < -0.39 is 11.6 Å². The zero-order chi connectivity index (χ0) is 21.4. The fourth-order valence-corrected chi connectivity index (χ4v) is 4.34. The van der Waals surface area contributed by atoms with Crippen LogP contribution in [0.4, 0.5) is 10.1 Å². The van der Waals surface area contributed by atoms with Crippen LogP contribution in [-0.4, -0.2) is 21.9 Å². The average molecular weight is 427 g/mol. The van der Waals surface area contributed by atoms with Gasteiger partial charge in [-0.05, 0) is 73.9 Å². The molecule has 2 N–H and O–H groups in total. The van der Waals surface area contributed by atoms with Crippen molar-refractivity contribution < 1.29 is 14.3 Å². The topological polar surface area (TPSA) is 62.2 Å². The Balaban J connectivity index is 1.82. The van der Waals surface area contributed by atoms with E-state index >= 15 is 0 Å². The van der Waals surface area contributed by atoms with Gasteiger partial charge >= 0.3 is 0 Å². The summed E-state index contributed by atoms with van der Waals surface area (Å²) in [5.74, 6) is -0.663. The predicted molar refractivity (Wildman–Crippen MR) is 119 cm³/mol. The Hall–Kier alpha value is -2.66. The molecule has 0 spiro atoms. The number of rotatable bonds is 4. The predicted octanol–water partition coefficient (Wildman–Crippen LogP) is 6.59. The Kier molecular flexibility index (Phi) is 5.65. The van der Waals surface area contributed by atoms with Gasteiger partial charge in [-0.15, -0.1) is 0 Å². The summed E-state index contributed by atoms with van der Waals surface area (Å²) >= 11 is 5.97. The summed E-state index contributed by atoms with van der Waals surface area (Å²) in [5.41, 5.74) is 3.35. The van der Waals surface area contributed by atoms with Crippen molar-refractivity contribution in [2.24, 2.45) is 5.92 Å². The zero-order valence-electron chi connectivity index (χ0n) is 17.0. The molecular weight excluding hydrogens is 403 g/mol. The highest BCUT2D eigenvalue weighted by Crippen LogP contribution is 2.36. The number of nitrogens with zero attached hydrogens (tertiary/aromatic N) is 1. The Morgan fingerprint density at radius 2 is 1.90 bits per heavy atom. The quantitative estimate of drug-likeness (QED) is 0.462. The summed E-state index contributed by atoms with van der Waals surface area (Å²) in [6.07, 6.45) is 6.05. The molecule has 3 aromatic rings. The van der Waals surface area contributed by atoms with Crippen molar-refractivity contribution in [1.82, 2.24) is 4.98 Å². The van der Waals surface area contributed by atoms with Crippen LogP contribution in [0.5, 0.6) is 5.75 Å². The highest BCUT2D eigenvalue weighted by Gasteiger charge is 2.21. The fourth-order valence-electron chi connectivity index (χ4n) is 4.14. The smallest absolute Gasteiger partial charge is 0.170 e. The van der Waals surface area contributed by atoms with Gasteiger partial charge in [-0.25, -0.2) is 4.39 Å². The largest absolute Gasteiger partial charge is 0.504 e. The van der Waals surface area contributed by atoms with Gasteiger partial charge in [0.1, 0.15) is 0 Å². The molecule has 0 aliphatic heterocycles. The van der Waals surface area contributed by atoms with Gasteiger partial charge in [0.05, 0.1) is 21.8 Å². The van der Waals surface area contributed by atoms with E-state index in [2.05, 4.69) is 17.2 Å². The number of ketones is 1. The number of fused-ring (bicyclic) bond motifs is 1. The fraction of sp³-hybridized carbons (Fsp3) is 0.333. The van der Waals surface area contributed by atoms with Crippen LogP contribution in [0.25, 0.3) is 22.0 Å². The molecule has 2 aromatic carbocycles.